The van der Waals surface area contributed by atoms with E-state index in [0.29, 0.717) is 0 Å². The maximum atomic E-state index is 5.30. The standard InChI is InChI=1S/C42H30N4Si/c1-47(2)38-20-12-11-19-32(38)33-26-37(46-42(40(33)47)43-41(44-46)28-14-5-3-6-15-28)29-22-23-35-34(25-29)39-31-18-10-9-13-27(31)21-24-36(39)45(35)30-16-7-4-8-17-30/h3-26H,1-2H3. The van der Waals surface area contributed by atoms with Crippen molar-refractivity contribution in [2.24, 2.45) is 0 Å². The van der Waals surface area contributed by atoms with E-state index in [1.165, 1.54) is 54.1 Å². The molecule has 0 aliphatic carbocycles. The smallest absolute Gasteiger partial charge is 0.182 e. The van der Waals surface area contributed by atoms with Crippen molar-refractivity contribution in [1.29, 1.82) is 0 Å². The molecule has 5 heteroatoms. The van der Waals surface area contributed by atoms with Gasteiger partial charge in [-0.05, 0) is 68.7 Å². The van der Waals surface area contributed by atoms with Gasteiger partial charge in [-0.25, -0.2) is 9.50 Å². The summed E-state index contributed by atoms with van der Waals surface area (Å²) in [5.41, 5.74) is 10.4. The average molecular weight is 619 g/mol. The third kappa shape index (κ3) is 3.69. The first-order chi connectivity index (χ1) is 23.1. The Labute approximate surface area is 273 Å². The third-order valence-electron chi connectivity index (χ3n) is 10.1. The van der Waals surface area contributed by atoms with E-state index in [0.717, 1.165) is 34.0 Å². The van der Waals surface area contributed by atoms with Crippen LogP contribution in [-0.2, 0) is 0 Å². The number of para-hydroxylation sites is 1. The molecule has 3 aromatic heterocycles. The molecule has 0 radical (unpaired) electrons. The maximum absolute atomic E-state index is 5.30. The highest BCUT2D eigenvalue weighted by molar-refractivity contribution is 7.04. The van der Waals surface area contributed by atoms with E-state index in [1.807, 2.05) is 6.07 Å². The molecular formula is C42H30N4Si. The van der Waals surface area contributed by atoms with Crippen LogP contribution < -0.4 is 10.4 Å². The zero-order valence-electron chi connectivity index (χ0n) is 26.1. The number of rotatable bonds is 3. The third-order valence-corrected chi connectivity index (χ3v) is 13.6. The largest absolute Gasteiger partial charge is 0.309 e. The topological polar surface area (TPSA) is 35.1 Å². The maximum Gasteiger partial charge on any atom is 0.182 e. The Morgan fingerprint density at radius 2 is 1.30 bits per heavy atom. The lowest BCUT2D eigenvalue weighted by Crippen LogP contribution is -2.50. The van der Waals surface area contributed by atoms with Gasteiger partial charge in [0.05, 0.1) is 16.7 Å². The SMILES string of the molecule is C[Si]1(C)c2ccccc2-c2cc(-c3ccc4c(c3)c3c5ccccc5ccc3n4-c3ccccc3)n3nc(-c4ccccc4)nc3c21. The van der Waals surface area contributed by atoms with Gasteiger partial charge in [0.2, 0.25) is 0 Å². The van der Waals surface area contributed by atoms with Crippen molar-refractivity contribution in [2.75, 3.05) is 0 Å². The fourth-order valence-corrected chi connectivity index (χ4v) is 11.3. The normalized spacial score (nSPS) is 13.5. The molecule has 0 spiro atoms. The first kappa shape index (κ1) is 26.4. The molecule has 4 heterocycles. The number of fused-ring (bicyclic) bond motifs is 10. The predicted molar refractivity (Wildman–Crippen MR) is 198 cm³/mol. The molecule has 0 fully saturated rings. The quantitative estimate of drug-likeness (QED) is 0.185. The van der Waals surface area contributed by atoms with Gasteiger partial charge in [-0.15, -0.1) is 5.10 Å². The minimum atomic E-state index is -2.03. The molecular weight excluding hydrogens is 589 g/mol. The van der Waals surface area contributed by atoms with E-state index in [4.69, 9.17) is 10.1 Å². The van der Waals surface area contributed by atoms with E-state index >= 15 is 0 Å². The summed E-state index contributed by atoms with van der Waals surface area (Å²) in [6.07, 6.45) is 0. The van der Waals surface area contributed by atoms with Crippen LogP contribution in [0.25, 0.3) is 77.7 Å². The Morgan fingerprint density at radius 3 is 2.15 bits per heavy atom. The Kier molecular flexibility index (Phi) is 5.41. The van der Waals surface area contributed by atoms with Gasteiger partial charge >= 0.3 is 0 Å². The molecule has 6 aromatic carbocycles. The van der Waals surface area contributed by atoms with Crippen LogP contribution in [0.3, 0.4) is 0 Å². The first-order valence-electron chi connectivity index (χ1n) is 16.2. The van der Waals surface area contributed by atoms with Crippen LogP contribution in [0, 0.1) is 0 Å². The van der Waals surface area contributed by atoms with Gasteiger partial charge in [-0.1, -0.05) is 122 Å². The molecule has 222 valence electrons. The Balaban J connectivity index is 1.32. The van der Waals surface area contributed by atoms with E-state index in [9.17, 15) is 0 Å². The molecule has 47 heavy (non-hydrogen) atoms. The van der Waals surface area contributed by atoms with Gasteiger partial charge in [-0.2, -0.15) is 0 Å². The minimum Gasteiger partial charge on any atom is -0.309 e. The molecule has 0 bridgehead atoms. The molecule has 10 rings (SSSR count). The van der Waals surface area contributed by atoms with Crippen LogP contribution >= 0.6 is 0 Å². The second-order valence-electron chi connectivity index (χ2n) is 13.1. The number of hydrogen-bond acceptors (Lipinski definition) is 2. The zero-order chi connectivity index (χ0) is 31.3. The van der Waals surface area contributed by atoms with Crippen LogP contribution in [0.1, 0.15) is 0 Å². The van der Waals surface area contributed by atoms with Gasteiger partial charge in [0.25, 0.3) is 0 Å². The van der Waals surface area contributed by atoms with Crippen LogP contribution in [0.4, 0.5) is 0 Å². The van der Waals surface area contributed by atoms with E-state index in [1.54, 1.807) is 0 Å². The molecule has 0 saturated carbocycles. The minimum absolute atomic E-state index is 0.758. The van der Waals surface area contributed by atoms with Gasteiger partial charge in [0, 0.05) is 27.6 Å². The highest BCUT2D eigenvalue weighted by atomic mass is 28.3. The number of hydrogen-bond donors (Lipinski definition) is 0. The van der Waals surface area contributed by atoms with Crippen LogP contribution in [-0.4, -0.2) is 27.2 Å². The second kappa shape index (κ2) is 9.61. The van der Waals surface area contributed by atoms with E-state index in [2.05, 4.69) is 162 Å². The van der Waals surface area contributed by atoms with Gasteiger partial charge in [-0.3, -0.25) is 0 Å². The van der Waals surface area contributed by atoms with E-state index < -0.39 is 8.07 Å². The van der Waals surface area contributed by atoms with Crippen LogP contribution in [0.15, 0.2) is 146 Å². The van der Waals surface area contributed by atoms with Crippen LogP contribution in [0.5, 0.6) is 0 Å². The fraction of sp³-hybridized carbons (Fsp3) is 0.0476. The summed E-state index contributed by atoms with van der Waals surface area (Å²) in [4.78, 5) is 5.30. The lowest BCUT2D eigenvalue weighted by atomic mass is 10.00. The first-order valence-corrected chi connectivity index (χ1v) is 19.2. The zero-order valence-corrected chi connectivity index (χ0v) is 27.1. The lowest BCUT2D eigenvalue weighted by molar-refractivity contribution is 0.977. The number of pyridine rings is 1. The lowest BCUT2D eigenvalue weighted by Gasteiger charge is -2.19. The molecule has 0 N–H and O–H groups in total. The highest BCUT2D eigenvalue weighted by Crippen LogP contribution is 2.40. The summed E-state index contributed by atoms with van der Waals surface area (Å²) in [6, 6.07) is 52.5. The molecule has 1 aliphatic heterocycles. The van der Waals surface area contributed by atoms with Gasteiger partial charge in [0.15, 0.2) is 11.5 Å². The van der Waals surface area contributed by atoms with Gasteiger partial charge in [0.1, 0.15) is 8.07 Å². The van der Waals surface area contributed by atoms with Crippen LogP contribution in [0.2, 0.25) is 13.1 Å². The highest BCUT2D eigenvalue weighted by Gasteiger charge is 2.41. The molecule has 9 aromatic rings. The second-order valence-corrected chi connectivity index (χ2v) is 17.4. The molecule has 4 nitrogen and oxygen atoms in total. The monoisotopic (exact) mass is 618 g/mol. The number of nitrogens with zero attached hydrogens (tertiary/aromatic N) is 4. The summed E-state index contributed by atoms with van der Waals surface area (Å²) in [5, 5.41) is 13.1. The molecule has 1 aliphatic rings. The van der Waals surface area contributed by atoms with Crippen molar-refractivity contribution in [3.63, 3.8) is 0 Å². The predicted octanol–water partition coefficient (Wildman–Crippen LogP) is 9.12. The fourth-order valence-electron chi connectivity index (χ4n) is 7.98. The Morgan fingerprint density at radius 1 is 0.574 bits per heavy atom. The molecule has 0 atom stereocenters. The Hall–Kier alpha value is -5.78. The summed E-state index contributed by atoms with van der Waals surface area (Å²) < 4.78 is 4.52. The summed E-state index contributed by atoms with van der Waals surface area (Å²) in [7, 11) is -2.03. The van der Waals surface area contributed by atoms with Crippen molar-refractivity contribution < 1.29 is 0 Å². The number of aromatic nitrogens is 4. The summed E-state index contributed by atoms with van der Waals surface area (Å²) >= 11 is 0. The average Bonchev–Trinajstić information content (AvgIpc) is 3.77. The van der Waals surface area contributed by atoms with Crippen molar-refractivity contribution in [3.05, 3.63) is 146 Å². The summed E-state index contributed by atoms with van der Waals surface area (Å²) in [5.74, 6) is 0.758. The molecule has 0 unspecified atom stereocenters. The van der Waals surface area contributed by atoms with Gasteiger partial charge < -0.3 is 4.57 Å². The number of benzene rings is 6. The summed E-state index contributed by atoms with van der Waals surface area (Å²) in [6.45, 7) is 4.90. The van der Waals surface area contributed by atoms with Crippen molar-refractivity contribution in [2.45, 2.75) is 13.1 Å². The van der Waals surface area contributed by atoms with E-state index in [-0.39, 0.29) is 0 Å². The van der Waals surface area contributed by atoms with Crippen molar-refractivity contribution in [1.82, 2.24) is 19.2 Å². The molecule has 0 amide bonds. The Bertz CT molecular complexity index is 2700. The van der Waals surface area contributed by atoms with Crippen molar-refractivity contribution in [3.8, 4) is 39.5 Å². The van der Waals surface area contributed by atoms with Crippen molar-refractivity contribution >= 4 is 56.7 Å². The molecule has 0 saturated heterocycles.